The summed E-state index contributed by atoms with van der Waals surface area (Å²) in [6.07, 6.45) is 5.94. The molecule has 1 saturated heterocycles. The first-order valence-corrected chi connectivity index (χ1v) is 10.2. The van der Waals surface area contributed by atoms with Crippen LogP contribution in [0.25, 0.3) is 0 Å². The minimum Gasteiger partial charge on any atom is -0.352 e. The number of piperidine rings is 1. The zero-order valence-corrected chi connectivity index (χ0v) is 19.3. The second-order valence-electron chi connectivity index (χ2n) is 6.75. The lowest BCUT2D eigenvalue weighted by atomic mass is 10.0. The van der Waals surface area contributed by atoms with Crippen LogP contribution in [0.3, 0.4) is 0 Å². The van der Waals surface area contributed by atoms with Crippen LogP contribution < -0.4 is 10.6 Å². The Kier molecular flexibility index (Phi) is 9.50. The maximum absolute atomic E-state index is 4.39. The molecule has 0 unspecified atom stereocenters. The highest BCUT2D eigenvalue weighted by Gasteiger charge is 2.12. The molecule has 2 N–H and O–H groups in total. The molecule has 0 saturated carbocycles. The predicted molar refractivity (Wildman–Crippen MR) is 125 cm³/mol. The highest BCUT2D eigenvalue weighted by atomic mass is 127. The summed E-state index contributed by atoms with van der Waals surface area (Å²) >= 11 is 1.71. The fourth-order valence-electron chi connectivity index (χ4n) is 3.28. The van der Waals surface area contributed by atoms with Gasteiger partial charge in [0.2, 0.25) is 0 Å². The molecule has 1 aromatic carbocycles. The second-order valence-corrected chi connectivity index (χ2v) is 8.07. The number of thiazole rings is 1. The molecule has 1 fully saturated rings. The summed E-state index contributed by atoms with van der Waals surface area (Å²) in [4.78, 5) is 12.5. The summed E-state index contributed by atoms with van der Waals surface area (Å²) in [5, 5.41) is 7.86. The maximum Gasteiger partial charge on any atom is 0.191 e. The van der Waals surface area contributed by atoms with Crippen molar-refractivity contribution in [2.24, 2.45) is 4.99 Å². The van der Waals surface area contributed by atoms with E-state index in [-0.39, 0.29) is 24.0 Å². The molecule has 1 aromatic heterocycles. The summed E-state index contributed by atoms with van der Waals surface area (Å²) in [5.74, 6) is 0.811. The Morgan fingerprint density at radius 2 is 1.81 bits per heavy atom. The van der Waals surface area contributed by atoms with E-state index in [1.807, 2.05) is 13.2 Å². The van der Waals surface area contributed by atoms with E-state index in [1.54, 1.807) is 11.3 Å². The average molecular weight is 499 g/mol. The number of rotatable bonds is 6. The molecule has 148 valence electrons. The molecule has 0 atom stereocenters. The fraction of sp³-hybridized carbons (Fsp3) is 0.500. The standard InChI is InChI=1S/C20H29N5S.HI/c1-16-12-22-19(26-16)14-24-20(21-2)23-13-17-8-4-5-9-18(17)15-25-10-6-3-7-11-25;/h4-5,8-9,12H,3,6-7,10-11,13-15H2,1-2H3,(H2,21,23,24);1H. The molecule has 3 rings (SSSR count). The van der Waals surface area contributed by atoms with Gasteiger partial charge in [-0.05, 0) is 44.0 Å². The van der Waals surface area contributed by atoms with Crippen molar-refractivity contribution in [3.8, 4) is 0 Å². The topological polar surface area (TPSA) is 52.6 Å². The van der Waals surface area contributed by atoms with E-state index < -0.39 is 0 Å². The van der Waals surface area contributed by atoms with Crippen molar-refractivity contribution < 1.29 is 0 Å². The minimum absolute atomic E-state index is 0. The van der Waals surface area contributed by atoms with E-state index in [1.165, 1.54) is 48.4 Å². The minimum atomic E-state index is 0. The molecule has 1 aliphatic rings. The summed E-state index contributed by atoms with van der Waals surface area (Å²) in [7, 11) is 1.81. The maximum atomic E-state index is 4.39. The van der Waals surface area contributed by atoms with E-state index in [0.717, 1.165) is 24.1 Å². The lowest BCUT2D eigenvalue weighted by molar-refractivity contribution is 0.220. The SMILES string of the molecule is CN=C(NCc1ncc(C)s1)NCc1ccccc1CN1CCCCC1.I. The highest BCUT2D eigenvalue weighted by Crippen LogP contribution is 2.16. The number of hydrogen-bond donors (Lipinski definition) is 2. The predicted octanol–water partition coefficient (Wildman–Crippen LogP) is 3.92. The zero-order chi connectivity index (χ0) is 18.2. The molecule has 0 radical (unpaired) electrons. The van der Waals surface area contributed by atoms with Crippen molar-refractivity contribution in [3.63, 3.8) is 0 Å². The summed E-state index contributed by atoms with van der Waals surface area (Å²) in [5.41, 5.74) is 2.75. The van der Waals surface area contributed by atoms with Gasteiger partial charge < -0.3 is 10.6 Å². The van der Waals surface area contributed by atoms with E-state index in [4.69, 9.17) is 0 Å². The van der Waals surface area contributed by atoms with Crippen LogP contribution in [0.5, 0.6) is 0 Å². The van der Waals surface area contributed by atoms with Crippen LogP contribution in [0.1, 0.15) is 40.3 Å². The molecular weight excluding hydrogens is 469 g/mol. The van der Waals surface area contributed by atoms with Crippen molar-refractivity contribution >= 4 is 41.3 Å². The van der Waals surface area contributed by atoms with Gasteiger partial charge in [0, 0.05) is 31.2 Å². The third-order valence-corrected chi connectivity index (χ3v) is 5.62. The van der Waals surface area contributed by atoms with Crippen LogP contribution in [0.4, 0.5) is 0 Å². The Balaban J connectivity index is 0.00000261. The number of hydrogen-bond acceptors (Lipinski definition) is 4. The van der Waals surface area contributed by atoms with E-state index in [2.05, 4.69) is 56.7 Å². The van der Waals surface area contributed by atoms with Gasteiger partial charge in [0.1, 0.15) is 5.01 Å². The third kappa shape index (κ3) is 7.04. The highest BCUT2D eigenvalue weighted by molar-refractivity contribution is 14.0. The van der Waals surface area contributed by atoms with Crippen LogP contribution >= 0.6 is 35.3 Å². The molecule has 0 bridgehead atoms. The Morgan fingerprint density at radius 1 is 1.11 bits per heavy atom. The quantitative estimate of drug-likeness (QED) is 0.360. The number of aryl methyl sites for hydroxylation is 1. The van der Waals surface area contributed by atoms with Crippen molar-refractivity contribution in [3.05, 3.63) is 51.5 Å². The fourth-order valence-corrected chi connectivity index (χ4v) is 4.01. The number of aromatic nitrogens is 1. The molecule has 1 aliphatic heterocycles. The Hall–Kier alpha value is -1.19. The van der Waals surface area contributed by atoms with Crippen LogP contribution in [0.15, 0.2) is 35.5 Å². The van der Waals surface area contributed by atoms with Crippen LogP contribution in [-0.4, -0.2) is 36.0 Å². The van der Waals surface area contributed by atoms with Gasteiger partial charge in [0.15, 0.2) is 5.96 Å². The number of aliphatic imine (C=N–C) groups is 1. The second kappa shape index (κ2) is 11.6. The van der Waals surface area contributed by atoms with Crippen molar-refractivity contribution in [1.82, 2.24) is 20.5 Å². The summed E-state index contributed by atoms with van der Waals surface area (Å²) in [6.45, 7) is 7.04. The van der Waals surface area contributed by atoms with Gasteiger partial charge in [0.05, 0.1) is 6.54 Å². The van der Waals surface area contributed by atoms with Crippen LogP contribution in [0.2, 0.25) is 0 Å². The van der Waals surface area contributed by atoms with Gasteiger partial charge in [-0.2, -0.15) is 0 Å². The molecule has 27 heavy (non-hydrogen) atoms. The first kappa shape index (κ1) is 22.1. The summed E-state index contributed by atoms with van der Waals surface area (Å²) in [6, 6.07) is 8.72. The van der Waals surface area contributed by atoms with E-state index in [0.29, 0.717) is 6.54 Å². The lowest BCUT2D eigenvalue weighted by Gasteiger charge is -2.27. The average Bonchev–Trinajstić information content (AvgIpc) is 3.09. The van der Waals surface area contributed by atoms with Gasteiger partial charge in [-0.3, -0.25) is 9.89 Å². The lowest BCUT2D eigenvalue weighted by Crippen LogP contribution is -2.36. The molecule has 5 nitrogen and oxygen atoms in total. The van der Waals surface area contributed by atoms with Gasteiger partial charge in [-0.15, -0.1) is 35.3 Å². The first-order valence-electron chi connectivity index (χ1n) is 9.39. The Morgan fingerprint density at radius 3 is 2.48 bits per heavy atom. The zero-order valence-electron chi connectivity index (χ0n) is 16.2. The van der Waals surface area contributed by atoms with Gasteiger partial charge >= 0.3 is 0 Å². The molecular formula is C20H30IN5S. The number of nitrogens with one attached hydrogen (secondary N) is 2. The third-order valence-electron chi connectivity index (χ3n) is 4.71. The van der Waals surface area contributed by atoms with Crippen LogP contribution in [-0.2, 0) is 19.6 Å². The summed E-state index contributed by atoms with van der Waals surface area (Å²) < 4.78 is 0. The Bertz CT molecular complexity index is 725. The monoisotopic (exact) mass is 499 g/mol. The first-order chi connectivity index (χ1) is 12.7. The van der Waals surface area contributed by atoms with Crippen molar-refractivity contribution in [2.45, 2.75) is 45.8 Å². The number of nitrogens with zero attached hydrogens (tertiary/aromatic N) is 3. The number of guanidine groups is 1. The van der Waals surface area contributed by atoms with Gasteiger partial charge in [-0.25, -0.2) is 4.98 Å². The van der Waals surface area contributed by atoms with Gasteiger partial charge in [-0.1, -0.05) is 30.7 Å². The molecule has 0 aliphatic carbocycles. The van der Waals surface area contributed by atoms with Crippen molar-refractivity contribution in [1.29, 1.82) is 0 Å². The molecule has 0 amide bonds. The number of likely N-dealkylation sites (tertiary alicyclic amines) is 1. The molecule has 2 aromatic rings. The Labute approximate surface area is 183 Å². The molecule has 0 spiro atoms. The van der Waals surface area contributed by atoms with E-state index in [9.17, 15) is 0 Å². The van der Waals surface area contributed by atoms with Crippen LogP contribution in [0, 0.1) is 6.92 Å². The molecule has 2 heterocycles. The van der Waals surface area contributed by atoms with E-state index >= 15 is 0 Å². The van der Waals surface area contributed by atoms with Gasteiger partial charge in [0.25, 0.3) is 0 Å². The molecule has 7 heteroatoms. The normalized spacial score (nSPS) is 15.3. The number of benzene rings is 1. The smallest absolute Gasteiger partial charge is 0.191 e. The number of halogens is 1. The van der Waals surface area contributed by atoms with Crippen molar-refractivity contribution in [2.75, 3.05) is 20.1 Å². The largest absolute Gasteiger partial charge is 0.352 e.